The fourth-order valence-corrected chi connectivity index (χ4v) is 6.18. The number of methoxy groups -OCH3 is 1. The van der Waals surface area contributed by atoms with Crippen LogP contribution in [0.15, 0.2) is 35.4 Å². The van der Waals surface area contributed by atoms with Crippen molar-refractivity contribution in [3.63, 3.8) is 0 Å². The summed E-state index contributed by atoms with van der Waals surface area (Å²) in [6.45, 7) is 2.66. The molecule has 1 fully saturated rings. The maximum atomic E-state index is 13.4. The largest absolute Gasteiger partial charge is 0.465 e. The molecule has 1 atom stereocenters. The summed E-state index contributed by atoms with van der Waals surface area (Å²) in [6.07, 6.45) is 5.25. The van der Waals surface area contributed by atoms with Crippen LogP contribution in [-0.2, 0) is 26.6 Å². The van der Waals surface area contributed by atoms with E-state index in [2.05, 4.69) is 9.97 Å². The highest BCUT2D eigenvalue weighted by atomic mass is 32.2. The molecule has 1 spiro atoms. The molecule has 1 aromatic carbocycles. The summed E-state index contributed by atoms with van der Waals surface area (Å²) in [5.74, 6) is 0.0523. The van der Waals surface area contributed by atoms with Gasteiger partial charge in [-0.3, -0.25) is 0 Å². The van der Waals surface area contributed by atoms with E-state index >= 15 is 0 Å². The molecule has 0 bridgehead atoms. The fourth-order valence-electron chi connectivity index (χ4n) is 4.43. The number of fused-ring (bicyclic) bond motifs is 2. The van der Waals surface area contributed by atoms with E-state index in [0.29, 0.717) is 18.9 Å². The SMILES string of the molecule is COC(=O)c1ccccc1S(=O)(=O)N1CCCC2(CCc3cnc(C)nc32)C1. The molecule has 1 unspecified atom stereocenters. The average molecular weight is 401 g/mol. The molecule has 1 aromatic heterocycles. The van der Waals surface area contributed by atoms with Crippen molar-refractivity contribution in [2.45, 2.75) is 42.9 Å². The monoisotopic (exact) mass is 401 g/mol. The summed E-state index contributed by atoms with van der Waals surface area (Å²) in [7, 11) is -2.59. The Morgan fingerprint density at radius 3 is 2.82 bits per heavy atom. The Hall–Kier alpha value is -2.32. The molecule has 4 rings (SSSR count). The maximum absolute atomic E-state index is 13.4. The lowest BCUT2D eigenvalue weighted by Crippen LogP contribution is -2.48. The number of rotatable bonds is 3. The second-order valence-electron chi connectivity index (χ2n) is 7.50. The van der Waals surface area contributed by atoms with Gasteiger partial charge in [0.05, 0.1) is 23.3 Å². The van der Waals surface area contributed by atoms with Gasteiger partial charge in [-0.1, -0.05) is 12.1 Å². The van der Waals surface area contributed by atoms with Gasteiger partial charge in [-0.25, -0.2) is 23.2 Å². The number of benzene rings is 1. The minimum atomic E-state index is -3.83. The lowest BCUT2D eigenvalue weighted by Gasteiger charge is -2.39. The molecule has 1 saturated heterocycles. The van der Waals surface area contributed by atoms with Crippen LogP contribution in [0, 0.1) is 6.92 Å². The van der Waals surface area contributed by atoms with Crippen LogP contribution in [0.3, 0.4) is 0 Å². The first kappa shape index (κ1) is 19.0. The molecule has 0 N–H and O–H groups in total. The van der Waals surface area contributed by atoms with Gasteiger partial charge < -0.3 is 4.74 Å². The normalized spacial score (nSPS) is 22.2. The van der Waals surface area contributed by atoms with Gasteiger partial charge in [0.1, 0.15) is 5.82 Å². The summed E-state index contributed by atoms with van der Waals surface area (Å²) in [5, 5.41) is 0. The molecule has 0 saturated carbocycles. The summed E-state index contributed by atoms with van der Waals surface area (Å²) >= 11 is 0. The van der Waals surface area contributed by atoms with E-state index in [1.54, 1.807) is 12.1 Å². The molecule has 28 heavy (non-hydrogen) atoms. The second kappa shape index (κ2) is 6.93. The number of aromatic nitrogens is 2. The minimum absolute atomic E-state index is 0.00371. The first-order valence-corrected chi connectivity index (χ1v) is 10.8. The molecule has 2 aromatic rings. The predicted octanol–water partition coefficient (Wildman–Crippen LogP) is 2.24. The van der Waals surface area contributed by atoms with Crippen LogP contribution >= 0.6 is 0 Å². The van der Waals surface area contributed by atoms with E-state index in [-0.39, 0.29) is 15.9 Å². The van der Waals surface area contributed by atoms with Crippen LogP contribution < -0.4 is 0 Å². The lowest BCUT2D eigenvalue weighted by atomic mass is 9.78. The van der Waals surface area contributed by atoms with Crippen molar-refractivity contribution in [3.8, 4) is 0 Å². The van der Waals surface area contributed by atoms with Gasteiger partial charge in [0, 0.05) is 24.7 Å². The molecule has 1 aliphatic carbocycles. The summed E-state index contributed by atoms with van der Waals surface area (Å²) in [4.78, 5) is 21.1. The molecule has 7 nitrogen and oxygen atoms in total. The van der Waals surface area contributed by atoms with E-state index in [0.717, 1.165) is 36.9 Å². The topological polar surface area (TPSA) is 89.5 Å². The quantitative estimate of drug-likeness (QED) is 0.733. The number of aryl methyl sites for hydroxylation is 2. The van der Waals surface area contributed by atoms with Gasteiger partial charge in [0.15, 0.2) is 0 Å². The Balaban J connectivity index is 1.72. The average Bonchev–Trinajstić information content (AvgIpc) is 3.04. The van der Waals surface area contributed by atoms with Crippen molar-refractivity contribution >= 4 is 16.0 Å². The minimum Gasteiger partial charge on any atom is -0.465 e. The summed E-state index contributed by atoms with van der Waals surface area (Å²) < 4.78 is 33.1. The maximum Gasteiger partial charge on any atom is 0.339 e. The lowest BCUT2D eigenvalue weighted by molar-refractivity contribution is 0.0596. The van der Waals surface area contributed by atoms with E-state index < -0.39 is 16.0 Å². The molecule has 148 valence electrons. The molecule has 2 aliphatic rings. The van der Waals surface area contributed by atoms with Crippen LogP contribution in [0.5, 0.6) is 0 Å². The van der Waals surface area contributed by atoms with Crippen LogP contribution in [-0.4, -0.2) is 48.9 Å². The van der Waals surface area contributed by atoms with Crippen LogP contribution in [0.25, 0.3) is 0 Å². The van der Waals surface area contributed by atoms with Gasteiger partial charge in [-0.2, -0.15) is 4.31 Å². The molecule has 1 aliphatic heterocycles. The highest BCUT2D eigenvalue weighted by Gasteiger charge is 2.46. The van der Waals surface area contributed by atoms with E-state index in [9.17, 15) is 13.2 Å². The molecular weight excluding hydrogens is 378 g/mol. The summed E-state index contributed by atoms with van der Waals surface area (Å²) in [5.41, 5.74) is 1.88. The van der Waals surface area contributed by atoms with Crippen LogP contribution in [0.4, 0.5) is 0 Å². The Labute approximate surface area is 164 Å². The Morgan fingerprint density at radius 2 is 2.04 bits per heavy atom. The Morgan fingerprint density at radius 1 is 1.25 bits per heavy atom. The number of sulfonamides is 1. The zero-order chi connectivity index (χ0) is 19.9. The zero-order valence-electron chi connectivity index (χ0n) is 16.0. The Bertz CT molecular complexity index is 1030. The van der Waals surface area contributed by atoms with Crippen molar-refractivity contribution < 1.29 is 17.9 Å². The second-order valence-corrected chi connectivity index (χ2v) is 9.41. The fraction of sp³-hybridized carbons (Fsp3) is 0.450. The highest BCUT2D eigenvalue weighted by Crippen LogP contribution is 2.45. The van der Waals surface area contributed by atoms with Crippen molar-refractivity contribution in [3.05, 3.63) is 53.1 Å². The van der Waals surface area contributed by atoms with E-state index in [1.807, 2.05) is 13.1 Å². The number of piperidine rings is 1. The number of carbonyl (C=O) groups excluding carboxylic acids is 1. The molecule has 8 heteroatoms. The number of carbonyl (C=O) groups is 1. The smallest absolute Gasteiger partial charge is 0.339 e. The van der Waals surface area contributed by atoms with E-state index in [1.165, 1.54) is 23.5 Å². The highest BCUT2D eigenvalue weighted by molar-refractivity contribution is 7.89. The van der Waals surface area contributed by atoms with Gasteiger partial charge in [0.2, 0.25) is 10.0 Å². The van der Waals surface area contributed by atoms with Gasteiger partial charge in [-0.05, 0) is 50.3 Å². The number of nitrogens with zero attached hydrogens (tertiary/aromatic N) is 3. The van der Waals surface area contributed by atoms with Crippen molar-refractivity contribution in [1.82, 2.24) is 14.3 Å². The number of hydrogen-bond acceptors (Lipinski definition) is 6. The Kier molecular flexibility index (Phi) is 4.71. The van der Waals surface area contributed by atoms with Crippen molar-refractivity contribution in [1.29, 1.82) is 0 Å². The van der Waals surface area contributed by atoms with Crippen LogP contribution in [0.2, 0.25) is 0 Å². The third-order valence-electron chi connectivity index (χ3n) is 5.81. The van der Waals surface area contributed by atoms with E-state index in [4.69, 9.17) is 4.74 Å². The third-order valence-corrected chi connectivity index (χ3v) is 7.72. The van der Waals surface area contributed by atoms with Gasteiger partial charge in [-0.15, -0.1) is 0 Å². The third kappa shape index (κ3) is 3.00. The molecule has 2 heterocycles. The summed E-state index contributed by atoms with van der Waals surface area (Å²) in [6, 6.07) is 6.22. The number of hydrogen-bond donors (Lipinski definition) is 0. The molecule has 0 amide bonds. The number of ether oxygens (including phenoxy) is 1. The first-order valence-electron chi connectivity index (χ1n) is 9.38. The zero-order valence-corrected chi connectivity index (χ0v) is 16.8. The van der Waals surface area contributed by atoms with Crippen molar-refractivity contribution in [2.24, 2.45) is 0 Å². The van der Waals surface area contributed by atoms with Gasteiger partial charge >= 0.3 is 5.97 Å². The van der Waals surface area contributed by atoms with Gasteiger partial charge in [0.25, 0.3) is 0 Å². The standard InChI is InChI=1S/C20H23N3O4S/c1-14-21-12-15-8-10-20(18(15)22-14)9-5-11-23(13-20)28(25,26)17-7-4-3-6-16(17)19(24)27-2/h3-4,6-7,12H,5,8-11,13H2,1-2H3. The molecular formula is C20H23N3O4S. The molecule has 0 radical (unpaired) electrons. The van der Waals surface area contributed by atoms with Crippen molar-refractivity contribution in [2.75, 3.05) is 20.2 Å². The number of esters is 1. The first-order chi connectivity index (χ1) is 13.4. The predicted molar refractivity (Wildman–Crippen MR) is 103 cm³/mol. The van der Waals surface area contributed by atoms with Crippen LogP contribution in [0.1, 0.15) is 46.7 Å².